The van der Waals surface area contributed by atoms with Crippen molar-refractivity contribution in [2.24, 2.45) is 0 Å². The van der Waals surface area contributed by atoms with Crippen molar-refractivity contribution in [3.05, 3.63) is 79.7 Å². The second-order valence-corrected chi connectivity index (χ2v) is 10.4. The fourth-order valence-corrected chi connectivity index (χ4v) is 5.95. The van der Waals surface area contributed by atoms with Gasteiger partial charge in [-0.25, -0.2) is 24.5 Å². The number of hydrogen-bond acceptors (Lipinski definition) is 9. The third-order valence-corrected chi connectivity index (χ3v) is 7.83. The molecular formula is C30H28N8O3. The molecule has 3 aromatic heterocycles. The molecule has 0 saturated carbocycles. The maximum atomic E-state index is 12.3. The second-order valence-electron chi connectivity index (χ2n) is 10.4. The van der Waals surface area contributed by atoms with Gasteiger partial charge < -0.3 is 19.7 Å². The van der Waals surface area contributed by atoms with Crippen molar-refractivity contribution in [2.45, 2.75) is 50.8 Å². The van der Waals surface area contributed by atoms with Gasteiger partial charge in [-0.2, -0.15) is 5.10 Å². The molecule has 7 rings (SSSR count). The average Bonchev–Trinajstić information content (AvgIpc) is 3.55. The standard InChI is InChI=1S/C30H28N8O3/c1-3-29(39)38-20-5-6-21(38)12-23(11-20)40-22-7-8-25-24(13-22)30(33-15-31-25)36-19-4-9-26(18(2)10-19)41-28-14-27-32-16-35-37(27)17-34-28/h3-4,7-10,13-17,20-21,23H,1,5-6,11-12H2,2H3,(H,31,33,36)/t20-,21+,23?. The molecular weight excluding hydrogens is 520 g/mol. The first-order valence-corrected chi connectivity index (χ1v) is 13.6. The summed E-state index contributed by atoms with van der Waals surface area (Å²) in [6.07, 6.45) is 9.73. The highest BCUT2D eigenvalue weighted by Gasteiger charge is 2.43. The Morgan fingerprint density at radius 2 is 1.88 bits per heavy atom. The minimum Gasteiger partial charge on any atom is -0.490 e. The number of benzene rings is 2. The highest BCUT2D eigenvalue weighted by molar-refractivity contribution is 5.91. The Balaban J connectivity index is 1.08. The maximum absolute atomic E-state index is 12.3. The van der Waals surface area contributed by atoms with E-state index >= 15 is 0 Å². The molecule has 0 spiro atoms. The highest BCUT2D eigenvalue weighted by atomic mass is 16.5. The first-order valence-electron chi connectivity index (χ1n) is 13.6. The van der Waals surface area contributed by atoms with Crippen LogP contribution in [0.2, 0.25) is 0 Å². The molecule has 41 heavy (non-hydrogen) atoms. The zero-order valence-electron chi connectivity index (χ0n) is 22.5. The van der Waals surface area contributed by atoms with Crippen LogP contribution in [0.25, 0.3) is 16.6 Å². The summed E-state index contributed by atoms with van der Waals surface area (Å²) in [6, 6.07) is 13.9. The van der Waals surface area contributed by atoms with Crippen molar-refractivity contribution in [3.63, 3.8) is 0 Å². The molecule has 1 unspecified atom stereocenters. The lowest BCUT2D eigenvalue weighted by Gasteiger charge is -2.38. The van der Waals surface area contributed by atoms with Gasteiger partial charge in [0.15, 0.2) is 5.65 Å². The Labute approximate surface area is 235 Å². The molecule has 206 valence electrons. The van der Waals surface area contributed by atoms with Gasteiger partial charge in [-0.3, -0.25) is 4.79 Å². The summed E-state index contributed by atoms with van der Waals surface area (Å²) in [5, 5.41) is 8.34. The van der Waals surface area contributed by atoms with E-state index in [0.29, 0.717) is 23.1 Å². The van der Waals surface area contributed by atoms with E-state index in [1.54, 1.807) is 23.2 Å². The van der Waals surface area contributed by atoms with Crippen LogP contribution in [0.5, 0.6) is 17.4 Å². The van der Waals surface area contributed by atoms with E-state index in [-0.39, 0.29) is 24.1 Å². The molecule has 1 amide bonds. The molecule has 11 heteroatoms. The maximum Gasteiger partial charge on any atom is 0.246 e. The van der Waals surface area contributed by atoms with Crippen molar-refractivity contribution in [2.75, 3.05) is 5.32 Å². The predicted molar refractivity (Wildman–Crippen MR) is 152 cm³/mol. The Kier molecular flexibility index (Phi) is 6.18. The summed E-state index contributed by atoms with van der Waals surface area (Å²) < 4.78 is 14.0. The molecule has 0 radical (unpaired) electrons. The number of hydrogen-bond donors (Lipinski definition) is 1. The molecule has 0 aliphatic carbocycles. The summed E-state index contributed by atoms with van der Waals surface area (Å²) >= 11 is 0. The summed E-state index contributed by atoms with van der Waals surface area (Å²) in [6.45, 7) is 5.64. The smallest absolute Gasteiger partial charge is 0.246 e. The van der Waals surface area contributed by atoms with Crippen LogP contribution in [0.15, 0.2) is 74.1 Å². The van der Waals surface area contributed by atoms with Crippen molar-refractivity contribution in [1.29, 1.82) is 0 Å². The molecule has 1 N–H and O–H groups in total. The molecule has 2 aliphatic heterocycles. The van der Waals surface area contributed by atoms with E-state index in [9.17, 15) is 4.79 Å². The van der Waals surface area contributed by atoms with Gasteiger partial charge in [0.2, 0.25) is 11.8 Å². The SMILES string of the molecule is C=CC(=O)N1[C@@H]2CC[C@H]1CC(Oc1ccc3ncnc(Nc4ccc(Oc5cc6ncnn6cn5)c(C)c4)c3c1)C2. The lowest BCUT2D eigenvalue weighted by atomic mass is 9.99. The van der Waals surface area contributed by atoms with Crippen molar-refractivity contribution >= 4 is 34.0 Å². The molecule has 2 fully saturated rings. The largest absolute Gasteiger partial charge is 0.490 e. The number of carbonyl (C=O) groups excluding carboxylic acids is 1. The normalized spacial score (nSPS) is 19.8. The number of piperidine rings is 1. The number of rotatable bonds is 7. The zero-order valence-corrected chi connectivity index (χ0v) is 22.5. The predicted octanol–water partition coefficient (Wildman–Crippen LogP) is 5.00. The summed E-state index contributed by atoms with van der Waals surface area (Å²) in [7, 11) is 0. The van der Waals surface area contributed by atoms with Crippen LogP contribution < -0.4 is 14.8 Å². The Bertz CT molecular complexity index is 1770. The third-order valence-electron chi connectivity index (χ3n) is 7.83. The minimum atomic E-state index is 0.0226. The monoisotopic (exact) mass is 548 g/mol. The van der Waals surface area contributed by atoms with Crippen LogP contribution in [-0.4, -0.2) is 58.5 Å². The van der Waals surface area contributed by atoms with E-state index in [2.05, 4.69) is 36.9 Å². The van der Waals surface area contributed by atoms with Crippen LogP contribution in [0.3, 0.4) is 0 Å². The Morgan fingerprint density at radius 1 is 1.02 bits per heavy atom. The Morgan fingerprint density at radius 3 is 2.68 bits per heavy atom. The van der Waals surface area contributed by atoms with E-state index in [4.69, 9.17) is 9.47 Å². The number of anilines is 2. The summed E-state index contributed by atoms with van der Waals surface area (Å²) in [5.74, 6) is 2.59. The number of amides is 1. The lowest BCUT2D eigenvalue weighted by molar-refractivity contribution is -0.131. The number of ether oxygens (including phenoxy) is 2. The van der Waals surface area contributed by atoms with Gasteiger partial charge >= 0.3 is 0 Å². The number of aromatic nitrogens is 6. The fourth-order valence-electron chi connectivity index (χ4n) is 5.95. The van der Waals surface area contributed by atoms with E-state index in [1.807, 2.05) is 48.2 Å². The van der Waals surface area contributed by atoms with Gasteiger partial charge in [0.25, 0.3) is 0 Å². The molecule has 2 bridgehead atoms. The molecule has 2 aliphatic rings. The van der Waals surface area contributed by atoms with Crippen LogP contribution in [-0.2, 0) is 4.79 Å². The molecule has 11 nitrogen and oxygen atoms in total. The first kappa shape index (κ1) is 24.9. The topological polar surface area (TPSA) is 120 Å². The molecule has 3 atom stereocenters. The van der Waals surface area contributed by atoms with Gasteiger partial charge in [-0.1, -0.05) is 6.58 Å². The quantitative estimate of drug-likeness (QED) is 0.280. The number of nitrogens with one attached hydrogen (secondary N) is 1. The lowest BCUT2D eigenvalue weighted by Crippen LogP contribution is -2.48. The highest BCUT2D eigenvalue weighted by Crippen LogP contribution is 2.38. The average molecular weight is 549 g/mol. The van der Waals surface area contributed by atoms with E-state index < -0.39 is 0 Å². The number of carbonyl (C=O) groups is 1. The van der Waals surface area contributed by atoms with Crippen molar-refractivity contribution < 1.29 is 14.3 Å². The van der Waals surface area contributed by atoms with E-state index in [0.717, 1.165) is 53.6 Å². The van der Waals surface area contributed by atoms with Gasteiger partial charge in [-0.05, 0) is 67.8 Å². The summed E-state index contributed by atoms with van der Waals surface area (Å²) in [4.78, 5) is 31.7. The molecule has 2 saturated heterocycles. The van der Waals surface area contributed by atoms with Crippen molar-refractivity contribution in [1.82, 2.24) is 34.4 Å². The number of aryl methyl sites for hydroxylation is 1. The Hall–Kier alpha value is -5.06. The molecule has 5 aromatic rings. The van der Waals surface area contributed by atoms with Crippen LogP contribution in [0.4, 0.5) is 11.5 Å². The molecule has 2 aromatic carbocycles. The van der Waals surface area contributed by atoms with Gasteiger partial charge in [0.1, 0.15) is 42.4 Å². The fraction of sp³-hybridized carbons (Fsp3) is 0.267. The van der Waals surface area contributed by atoms with Crippen LogP contribution >= 0.6 is 0 Å². The van der Waals surface area contributed by atoms with E-state index in [1.165, 1.54) is 12.4 Å². The second kappa shape index (κ2) is 10.2. The van der Waals surface area contributed by atoms with Gasteiger partial charge in [-0.15, -0.1) is 0 Å². The first-order chi connectivity index (χ1) is 20.0. The van der Waals surface area contributed by atoms with Crippen molar-refractivity contribution in [3.8, 4) is 17.4 Å². The minimum absolute atomic E-state index is 0.0226. The number of fused-ring (bicyclic) bond motifs is 4. The van der Waals surface area contributed by atoms with Crippen LogP contribution in [0, 0.1) is 6.92 Å². The zero-order chi connectivity index (χ0) is 27.9. The van der Waals surface area contributed by atoms with Gasteiger partial charge in [0, 0.05) is 42.1 Å². The summed E-state index contributed by atoms with van der Waals surface area (Å²) in [5.41, 5.74) is 3.26. The molecule has 5 heterocycles. The van der Waals surface area contributed by atoms with Gasteiger partial charge in [0.05, 0.1) is 5.52 Å². The number of nitrogens with zero attached hydrogens (tertiary/aromatic N) is 7. The third kappa shape index (κ3) is 4.79. The van der Waals surface area contributed by atoms with Crippen LogP contribution in [0.1, 0.15) is 31.2 Å².